The predicted molar refractivity (Wildman–Crippen MR) is 21.8 cm³/mol. The molecule has 9 heavy (non-hydrogen) atoms. The molecule has 0 aliphatic carbocycles. The Morgan fingerprint density at radius 3 is 1.78 bits per heavy atom. The first-order valence-corrected chi connectivity index (χ1v) is 2.68. The van der Waals surface area contributed by atoms with E-state index in [1.165, 1.54) is 0 Å². The van der Waals surface area contributed by atoms with E-state index in [1.807, 2.05) is 0 Å². The van der Waals surface area contributed by atoms with Crippen LogP contribution >= 0.6 is 0 Å². The van der Waals surface area contributed by atoms with Crippen LogP contribution in [-0.2, 0) is 15.9 Å². The molecule has 0 aromatic rings. The Bertz CT molecular complexity index is 150. The summed E-state index contributed by atoms with van der Waals surface area (Å²) in [6.07, 6.45) is -5.21. The summed E-state index contributed by atoms with van der Waals surface area (Å²) < 4.78 is 49.9. The quantitative estimate of drug-likeness (QED) is 0.521. The summed E-state index contributed by atoms with van der Waals surface area (Å²) in [6, 6.07) is 0. The van der Waals surface area contributed by atoms with Gasteiger partial charge in [-0.2, -0.15) is 13.2 Å². The van der Waals surface area contributed by atoms with Crippen LogP contribution in [0.15, 0.2) is 0 Å². The van der Waals surface area contributed by atoms with Crippen LogP contribution in [0.25, 0.3) is 0 Å². The van der Waals surface area contributed by atoms with Crippen LogP contribution in [0.1, 0.15) is 0 Å². The predicted octanol–water partition coefficient (Wildman–Crippen LogP) is 0.297. The van der Waals surface area contributed by atoms with E-state index in [9.17, 15) is 22.2 Å². The summed E-state index contributed by atoms with van der Waals surface area (Å²) in [4.78, 5) is 9.49. The van der Waals surface area contributed by atoms with Crippen LogP contribution in [0.3, 0.4) is 0 Å². The molecule has 7 heteroatoms. The van der Waals surface area contributed by atoms with E-state index >= 15 is 0 Å². The molecular weight excluding hydrogens is 161 g/mol. The summed E-state index contributed by atoms with van der Waals surface area (Å²) in [5, 5.41) is -2.64. The minimum Gasteiger partial charge on any atom is -0.300 e. The molecule has 0 rings (SSSR count). The highest BCUT2D eigenvalue weighted by Crippen LogP contribution is 2.16. The van der Waals surface area contributed by atoms with Gasteiger partial charge in [0, 0.05) is 0 Å². The van der Waals surface area contributed by atoms with Crippen molar-refractivity contribution in [1.29, 1.82) is 0 Å². The van der Waals surface area contributed by atoms with Gasteiger partial charge in [-0.1, -0.05) is 0 Å². The lowest BCUT2D eigenvalue weighted by Gasteiger charge is -1.97. The molecule has 0 aliphatic heterocycles. The van der Waals surface area contributed by atoms with Crippen molar-refractivity contribution in [2.45, 2.75) is 6.18 Å². The monoisotopic (exact) mass is 162 g/mol. The Balaban J connectivity index is 4.23. The molecule has 0 aliphatic rings. The molecule has 0 aromatic carbocycles. The number of halogens is 3. The first kappa shape index (κ1) is 8.57. The highest BCUT2D eigenvalue weighted by molar-refractivity contribution is 7.95. The molecule has 3 nitrogen and oxygen atoms in total. The molecule has 0 saturated heterocycles. The van der Waals surface area contributed by atoms with Gasteiger partial charge in [-0.15, -0.1) is 0 Å². The second-order valence-corrected chi connectivity index (χ2v) is 1.90. The van der Waals surface area contributed by atoms with Crippen molar-refractivity contribution in [2.75, 3.05) is 0 Å². The third-order valence-electron chi connectivity index (χ3n) is 0.390. The van der Waals surface area contributed by atoms with Crippen LogP contribution in [0.5, 0.6) is 0 Å². The molecule has 0 saturated carbocycles. The second-order valence-electron chi connectivity index (χ2n) is 1.03. The van der Waals surface area contributed by atoms with Gasteiger partial charge < -0.3 is 0 Å². The van der Waals surface area contributed by atoms with Gasteiger partial charge in [0.05, 0.1) is 0 Å². The van der Waals surface area contributed by atoms with Crippen molar-refractivity contribution in [3.63, 3.8) is 0 Å². The van der Waals surface area contributed by atoms with Crippen molar-refractivity contribution in [2.24, 2.45) is 0 Å². The standard InChI is InChI=1S/C2HF3O3S/c3-2(4,5)1(6)9(7)8/h(H,7,8). The number of rotatable bonds is 0. The van der Waals surface area contributed by atoms with Gasteiger partial charge in [0.2, 0.25) is 11.1 Å². The maximum atomic E-state index is 11.0. The van der Waals surface area contributed by atoms with Crippen molar-refractivity contribution in [3.8, 4) is 0 Å². The van der Waals surface area contributed by atoms with Gasteiger partial charge in [-0.3, -0.25) is 9.35 Å². The lowest BCUT2D eigenvalue weighted by molar-refractivity contribution is -0.161. The Morgan fingerprint density at radius 2 is 1.78 bits per heavy atom. The molecule has 0 fully saturated rings. The smallest absolute Gasteiger partial charge is 0.300 e. The maximum absolute atomic E-state index is 11.0. The van der Waals surface area contributed by atoms with Crippen molar-refractivity contribution in [3.05, 3.63) is 0 Å². The lowest BCUT2D eigenvalue weighted by Crippen LogP contribution is -2.26. The van der Waals surface area contributed by atoms with E-state index in [1.54, 1.807) is 0 Å². The fourth-order valence-electron chi connectivity index (χ4n) is 0.0990. The molecule has 0 radical (unpaired) electrons. The summed E-state index contributed by atoms with van der Waals surface area (Å²) in [7, 11) is 0. The van der Waals surface area contributed by atoms with E-state index in [-0.39, 0.29) is 0 Å². The zero-order valence-electron chi connectivity index (χ0n) is 3.81. The number of alkyl halides is 3. The van der Waals surface area contributed by atoms with Gasteiger partial charge in [0.25, 0.3) is 0 Å². The van der Waals surface area contributed by atoms with Crippen molar-refractivity contribution < 1.29 is 26.7 Å². The number of carbonyl (C=O) groups is 1. The van der Waals surface area contributed by atoms with E-state index in [0.29, 0.717) is 0 Å². The second kappa shape index (κ2) is 2.44. The summed E-state index contributed by atoms with van der Waals surface area (Å²) in [6.45, 7) is 0. The normalized spacial score (nSPS) is 15.1. The number of hydrogen-bond acceptors (Lipinski definition) is 2. The highest BCUT2D eigenvalue weighted by Gasteiger charge is 2.42. The molecule has 0 aromatic heterocycles. The highest BCUT2D eigenvalue weighted by atomic mass is 32.2. The first-order chi connectivity index (χ1) is 3.85. The zero-order valence-corrected chi connectivity index (χ0v) is 4.62. The summed E-state index contributed by atoms with van der Waals surface area (Å²) in [5.74, 6) is 0. The van der Waals surface area contributed by atoms with Gasteiger partial charge in [0.1, 0.15) is 0 Å². The molecule has 1 unspecified atom stereocenters. The van der Waals surface area contributed by atoms with Crippen LogP contribution in [0.4, 0.5) is 13.2 Å². The van der Waals surface area contributed by atoms with Crippen LogP contribution in [0, 0.1) is 0 Å². The van der Waals surface area contributed by atoms with Gasteiger partial charge in [0.15, 0.2) is 0 Å². The number of hydrogen-bond donors (Lipinski definition) is 1. The van der Waals surface area contributed by atoms with E-state index < -0.39 is 22.4 Å². The molecule has 1 N–H and O–H groups in total. The molecule has 54 valence electrons. The summed E-state index contributed by atoms with van der Waals surface area (Å²) in [5.41, 5.74) is 0. The fourth-order valence-corrected chi connectivity index (χ4v) is 0.297. The fraction of sp³-hybridized carbons (Fsp3) is 0.500. The molecule has 0 bridgehead atoms. The maximum Gasteiger partial charge on any atom is 0.465 e. The third-order valence-corrected chi connectivity index (χ3v) is 0.939. The first-order valence-electron chi connectivity index (χ1n) is 1.57. The van der Waals surface area contributed by atoms with Crippen molar-refractivity contribution >= 4 is 16.2 Å². The molecule has 0 amide bonds. The Labute approximate surface area is 50.1 Å². The SMILES string of the molecule is O=C(S(=O)O)C(F)(F)F. The topological polar surface area (TPSA) is 54.4 Å². The zero-order chi connectivity index (χ0) is 7.65. The van der Waals surface area contributed by atoms with Crippen LogP contribution in [-0.4, -0.2) is 20.1 Å². The minimum atomic E-state index is -5.21. The van der Waals surface area contributed by atoms with Crippen LogP contribution < -0.4 is 0 Å². The largest absolute Gasteiger partial charge is 0.465 e. The van der Waals surface area contributed by atoms with Gasteiger partial charge >= 0.3 is 11.3 Å². The van der Waals surface area contributed by atoms with E-state index in [4.69, 9.17) is 4.55 Å². The lowest BCUT2D eigenvalue weighted by atomic mass is 10.8. The van der Waals surface area contributed by atoms with Crippen LogP contribution in [0.2, 0.25) is 0 Å². The van der Waals surface area contributed by atoms with Gasteiger partial charge in [-0.25, -0.2) is 4.21 Å². The van der Waals surface area contributed by atoms with E-state index in [0.717, 1.165) is 0 Å². The summed E-state index contributed by atoms with van der Waals surface area (Å²) >= 11 is -3.44. The Kier molecular flexibility index (Phi) is 2.32. The van der Waals surface area contributed by atoms with Gasteiger partial charge in [-0.05, 0) is 0 Å². The minimum absolute atomic E-state index is 2.64. The van der Waals surface area contributed by atoms with E-state index in [2.05, 4.69) is 0 Å². The van der Waals surface area contributed by atoms with Crippen molar-refractivity contribution in [1.82, 2.24) is 0 Å². The molecular formula is C2HF3O3S. The Hall–Kier alpha value is -0.430. The number of carbonyl (C=O) groups excluding carboxylic acids is 1. The molecule has 0 spiro atoms. The Morgan fingerprint density at radius 1 is 1.44 bits per heavy atom. The average molecular weight is 162 g/mol. The molecule has 0 heterocycles. The third kappa shape index (κ3) is 2.56. The average Bonchev–Trinajstić information content (AvgIpc) is 1.62. The molecule has 1 atom stereocenters.